The van der Waals surface area contributed by atoms with Gasteiger partial charge in [0.2, 0.25) is 6.61 Å². The maximum absolute atomic E-state index is 13.3. The quantitative estimate of drug-likeness (QED) is 0.101. The summed E-state index contributed by atoms with van der Waals surface area (Å²) in [6.07, 6.45) is 4.71. The van der Waals surface area contributed by atoms with Crippen molar-refractivity contribution < 1.29 is 33.9 Å². The highest BCUT2D eigenvalue weighted by atomic mass is 32.2. The van der Waals surface area contributed by atoms with E-state index in [2.05, 4.69) is 21.4 Å². The number of rotatable bonds is 10. The number of ether oxygens (including phenoxy) is 1. The lowest BCUT2D eigenvalue weighted by Crippen LogP contribution is -2.71. The molecule has 43 heavy (non-hydrogen) atoms. The van der Waals surface area contributed by atoms with Gasteiger partial charge in [0.1, 0.15) is 22.8 Å². The second-order valence-electron chi connectivity index (χ2n) is 9.11. The lowest BCUT2D eigenvalue weighted by Gasteiger charge is -2.48. The van der Waals surface area contributed by atoms with Gasteiger partial charge in [0.25, 0.3) is 11.8 Å². The van der Waals surface area contributed by atoms with Crippen LogP contribution in [0.15, 0.2) is 82.5 Å². The molecule has 5 rings (SSSR count). The van der Waals surface area contributed by atoms with E-state index in [0.717, 1.165) is 27.4 Å². The molecular formula is C29H23N5O7S2. The van der Waals surface area contributed by atoms with E-state index in [1.54, 1.807) is 0 Å². The Balaban J connectivity index is 1.29. The number of nitrogens with two attached hydrogens (primary N) is 1. The first kappa shape index (κ1) is 29.4. The molecule has 4 N–H and O–H groups in total. The summed E-state index contributed by atoms with van der Waals surface area (Å²) >= 11 is 2.26. The molecule has 14 heteroatoms. The van der Waals surface area contributed by atoms with Gasteiger partial charge in [0, 0.05) is 16.7 Å². The number of terminal acetylenes is 1. The summed E-state index contributed by atoms with van der Waals surface area (Å²) in [7, 11) is 0. The number of esters is 1. The number of aromatic nitrogens is 1. The summed E-state index contributed by atoms with van der Waals surface area (Å²) in [5.41, 5.74) is 6.85. The van der Waals surface area contributed by atoms with Crippen LogP contribution < -0.4 is 11.1 Å². The predicted octanol–water partition coefficient (Wildman–Crippen LogP) is 2.15. The minimum Gasteiger partial charge on any atom is -0.477 e. The Labute approximate surface area is 253 Å². The van der Waals surface area contributed by atoms with Gasteiger partial charge in [-0.25, -0.2) is 14.6 Å². The first-order valence-electron chi connectivity index (χ1n) is 12.7. The Kier molecular flexibility index (Phi) is 8.74. The van der Waals surface area contributed by atoms with Gasteiger partial charge < -0.3 is 25.7 Å². The monoisotopic (exact) mass is 617 g/mol. The maximum Gasteiger partial charge on any atom is 0.353 e. The second kappa shape index (κ2) is 12.8. The van der Waals surface area contributed by atoms with Crippen LogP contribution in [0.4, 0.5) is 5.13 Å². The lowest BCUT2D eigenvalue weighted by molar-refractivity contribution is -0.153. The largest absolute Gasteiger partial charge is 0.477 e. The smallest absolute Gasteiger partial charge is 0.353 e. The normalized spacial score (nSPS) is 17.9. The Bertz CT molecular complexity index is 1630. The molecule has 218 valence electrons. The SMILES string of the molecule is C#CC1=C(C(=O)O)N2C(=O)C(NC(=O)C(=NOCC(=O)OC(c3ccccc3)c3ccccc3)c3csc(N)n3)[C@@H]2SC1. The number of anilines is 1. The highest BCUT2D eigenvalue weighted by molar-refractivity contribution is 8.00. The molecule has 1 fully saturated rings. The minimum absolute atomic E-state index is 0.0560. The third-order valence-electron chi connectivity index (χ3n) is 6.40. The zero-order valence-electron chi connectivity index (χ0n) is 22.2. The first-order valence-corrected chi connectivity index (χ1v) is 14.6. The van der Waals surface area contributed by atoms with Crippen LogP contribution >= 0.6 is 23.1 Å². The van der Waals surface area contributed by atoms with Gasteiger partial charge >= 0.3 is 11.9 Å². The highest BCUT2D eigenvalue weighted by Gasteiger charge is 2.54. The van der Waals surface area contributed by atoms with Gasteiger partial charge in [0.15, 0.2) is 16.9 Å². The number of nitrogens with zero attached hydrogens (tertiary/aromatic N) is 3. The van der Waals surface area contributed by atoms with E-state index in [1.807, 2.05) is 60.7 Å². The first-order chi connectivity index (χ1) is 20.8. The molecule has 3 heterocycles. The lowest BCUT2D eigenvalue weighted by atomic mass is 10.0. The molecule has 0 saturated carbocycles. The molecule has 1 unspecified atom stereocenters. The van der Waals surface area contributed by atoms with Crippen molar-refractivity contribution in [3.63, 3.8) is 0 Å². The van der Waals surface area contributed by atoms with Crippen molar-refractivity contribution >= 4 is 57.7 Å². The van der Waals surface area contributed by atoms with E-state index in [-0.39, 0.29) is 33.6 Å². The van der Waals surface area contributed by atoms with Gasteiger partial charge in [-0.05, 0) is 11.1 Å². The molecular weight excluding hydrogens is 594 g/mol. The summed E-state index contributed by atoms with van der Waals surface area (Å²) in [6.45, 7) is -0.636. The molecule has 0 aliphatic carbocycles. The van der Waals surface area contributed by atoms with Gasteiger partial charge in [-0.1, -0.05) is 71.7 Å². The predicted molar refractivity (Wildman–Crippen MR) is 158 cm³/mol. The molecule has 2 amide bonds. The Morgan fingerprint density at radius 1 is 1.16 bits per heavy atom. The fraction of sp³-hybridized carbons (Fsp3) is 0.172. The fourth-order valence-electron chi connectivity index (χ4n) is 4.44. The van der Waals surface area contributed by atoms with E-state index in [9.17, 15) is 24.3 Å². The van der Waals surface area contributed by atoms with Crippen LogP contribution in [-0.2, 0) is 28.8 Å². The number of β-lactam (4-membered cyclic amide) rings is 1. The Hall–Kier alpha value is -5.13. The van der Waals surface area contributed by atoms with E-state index in [4.69, 9.17) is 21.7 Å². The summed E-state index contributed by atoms with van der Waals surface area (Å²) in [5, 5.41) is 16.9. The van der Waals surface area contributed by atoms with Crippen molar-refractivity contribution in [2.45, 2.75) is 17.5 Å². The highest BCUT2D eigenvalue weighted by Crippen LogP contribution is 2.40. The third-order valence-corrected chi connectivity index (χ3v) is 8.36. The van der Waals surface area contributed by atoms with Crippen molar-refractivity contribution in [2.24, 2.45) is 5.16 Å². The second-order valence-corrected chi connectivity index (χ2v) is 11.1. The Morgan fingerprint density at radius 3 is 2.37 bits per heavy atom. The van der Waals surface area contributed by atoms with Crippen LogP contribution in [0.2, 0.25) is 0 Å². The van der Waals surface area contributed by atoms with Crippen LogP contribution in [0.5, 0.6) is 0 Å². The maximum atomic E-state index is 13.3. The van der Waals surface area contributed by atoms with E-state index in [1.165, 1.54) is 17.1 Å². The number of hydrogen-bond acceptors (Lipinski definition) is 11. The number of carboxylic acid groups (broad SMARTS) is 1. The van der Waals surface area contributed by atoms with Crippen LogP contribution in [-0.4, -0.2) is 68.2 Å². The molecule has 1 aromatic heterocycles. The summed E-state index contributed by atoms with van der Waals surface area (Å²) in [5.74, 6) is -1.09. The number of carboxylic acids is 1. The number of fused-ring (bicyclic) bond motifs is 1. The molecule has 2 aliphatic heterocycles. The van der Waals surface area contributed by atoms with Crippen molar-refractivity contribution in [1.82, 2.24) is 15.2 Å². The minimum atomic E-state index is -1.33. The molecule has 3 aromatic rings. The number of carbonyl (C=O) groups is 4. The molecule has 0 radical (unpaired) electrons. The number of oxime groups is 1. The zero-order valence-corrected chi connectivity index (χ0v) is 23.8. The summed E-state index contributed by atoms with van der Waals surface area (Å²) in [6, 6.07) is 17.3. The average molecular weight is 618 g/mol. The Morgan fingerprint density at radius 2 is 1.81 bits per heavy atom. The molecule has 0 bridgehead atoms. The number of thioether (sulfide) groups is 1. The number of thiazole rings is 1. The van der Waals surface area contributed by atoms with Gasteiger partial charge in [-0.2, -0.15) is 0 Å². The van der Waals surface area contributed by atoms with E-state index in [0.29, 0.717) is 0 Å². The molecule has 1 saturated heterocycles. The van der Waals surface area contributed by atoms with Crippen molar-refractivity contribution in [3.05, 3.63) is 94.1 Å². The zero-order chi connectivity index (χ0) is 30.5. The van der Waals surface area contributed by atoms with Crippen LogP contribution in [0, 0.1) is 12.3 Å². The van der Waals surface area contributed by atoms with Crippen LogP contribution in [0.1, 0.15) is 22.9 Å². The molecule has 0 spiro atoms. The summed E-state index contributed by atoms with van der Waals surface area (Å²) in [4.78, 5) is 61.0. The molecule has 2 atom stereocenters. The van der Waals surface area contributed by atoms with Crippen molar-refractivity contribution in [2.75, 3.05) is 18.1 Å². The number of nitrogens with one attached hydrogen (secondary N) is 1. The molecule has 2 aromatic carbocycles. The van der Waals surface area contributed by atoms with Gasteiger partial charge in [-0.3, -0.25) is 14.5 Å². The number of nitrogen functional groups attached to an aromatic ring is 1. The number of aliphatic carboxylic acids is 1. The van der Waals surface area contributed by atoms with E-state index >= 15 is 0 Å². The number of benzene rings is 2. The number of carbonyl (C=O) groups excluding carboxylic acids is 3. The number of hydrogen-bond donors (Lipinski definition) is 3. The molecule has 2 aliphatic rings. The third kappa shape index (κ3) is 6.22. The fourth-order valence-corrected chi connectivity index (χ4v) is 6.28. The van der Waals surface area contributed by atoms with Crippen LogP contribution in [0.25, 0.3) is 0 Å². The van der Waals surface area contributed by atoms with Crippen LogP contribution in [0.3, 0.4) is 0 Å². The van der Waals surface area contributed by atoms with Crippen molar-refractivity contribution in [1.29, 1.82) is 0 Å². The van der Waals surface area contributed by atoms with Gasteiger partial charge in [0.05, 0.1) is 0 Å². The van der Waals surface area contributed by atoms with Gasteiger partial charge in [-0.15, -0.1) is 29.5 Å². The number of amides is 2. The van der Waals surface area contributed by atoms with Crippen molar-refractivity contribution in [3.8, 4) is 12.3 Å². The standard InChI is InChI=1S/C29H23N5O7S2/c1-2-16-14-42-27-22(26(37)34(27)23(16)28(38)39)32-25(36)21(19-15-43-29(30)31-19)33-40-13-20(35)41-24(17-9-5-3-6-10-17)18-11-7-4-8-12-18/h1,3-12,15,22,24,27H,13-14H2,(H2,30,31)(H,32,36)(H,38,39)/t22?,27-/m0/s1. The topological polar surface area (TPSA) is 174 Å². The summed E-state index contributed by atoms with van der Waals surface area (Å²) < 4.78 is 5.70. The average Bonchev–Trinajstić information content (AvgIpc) is 3.46. The van der Waals surface area contributed by atoms with E-state index < -0.39 is 47.9 Å². The molecule has 12 nitrogen and oxygen atoms in total.